The molecule has 154 valence electrons. The number of benzene rings is 2. The van der Waals surface area contributed by atoms with Crippen molar-refractivity contribution < 1.29 is 9.59 Å². The van der Waals surface area contributed by atoms with Crippen LogP contribution in [0.15, 0.2) is 48.7 Å². The second-order valence-electron chi connectivity index (χ2n) is 7.67. The number of carbonyl (C=O) groups is 2. The molecule has 1 aromatic heterocycles. The fourth-order valence-electron chi connectivity index (χ4n) is 3.87. The lowest BCUT2D eigenvalue weighted by Crippen LogP contribution is -2.36. The quantitative estimate of drug-likeness (QED) is 0.622. The number of hydrogen-bond donors (Lipinski definition) is 1. The molecule has 2 amide bonds. The Morgan fingerprint density at radius 3 is 2.80 bits per heavy atom. The molecule has 1 aliphatic heterocycles. The van der Waals surface area contributed by atoms with E-state index in [4.69, 9.17) is 0 Å². The van der Waals surface area contributed by atoms with E-state index in [2.05, 4.69) is 22.2 Å². The maximum Gasteiger partial charge on any atom is 0.258 e. The van der Waals surface area contributed by atoms with Crippen molar-refractivity contribution in [2.24, 2.45) is 0 Å². The van der Waals surface area contributed by atoms with Gasteiger partial charge in [0.05, 0.1) is 5.69 Å². The molecule has 0 spiro atoms. The summed E-state index contributed by atoms with van der Waals surface area (Å²) in [5.41, 5.74) is 2.45. The Kier molecular flexibility index (Phi) is 6.02. The van der Waals surface area contributed by atoms with Crippen LogP contribution in [0.1, 0.15) is 54.2 Å². The van der Waals surface area contributed by atoms with Crippen molar-refractivity contribution in [3.8, 4) is 0 Å². The zero-order valence-electron chi connectivity index (χ0n) is 17.2. The van der Waals surface area contributed by atoms with Crippen LogP contribution in [-0.2, 0) is 17.8 Å². The Labute approximate surface area is 176 Å². The van der Waals surface area contributed by atoms with E-state index in [1.54, 1.807) is 12.3 Å². The van der Waals surface area contributed by atoms with E-state index in [0.717, 1.165) is 41.3 Å². The molecule has 2 aromatic carbocycles. The van der Waals surface area contributed by atoms with E-state index in [1.807, 2.05) is 41.3 Å². The van der Waals surface area contributed by atoms with E-state index in [1.165, 1.54) is 0 Å². The van der Waals surface area contributed by atoms with Gasteiger partial charge in [0.25, 0.3) is 5.91 Å². The first-order valence-corrected chi connectivity index (χ1v) is 10.6. The molecule has 0 atom stereocenters. The third-order valence-corrected chi connectivity index (χ3v) is 5.54. The first-order valence-electron chi connectivity index (χ1n) is 10.6. The van der Waals surface area contributed by atoms with Gasteiger partial charge in [-0.1, -0.05) is 56.2 Å². The molecule has 6 heteroatoms. The number of anilines is 1. The molecule has 0 bridgehead atoms. The van der Waals surface area contributed by atoms with Gasteiger partial charge in [0, 0.05) is 43.3 Å². The highest BCUT2D eigenvalue weighted by molar-refractivity contribution is 6.12. The number of aromatic nitrogens is 2. The van der Waals surface area contributed by atoms with Crippen molar-refractivity contribution >= 4 is 28.5 Å². The summed E-state index contributed by atoms with van der Waals surface area (Å²) < 4.78 is 0. The topological polar surface area (TPSA) is 75.2 Å². The molecule has 4 rings (SSSR count). The third kappa shape index (κ3) is 4.32. The van der Waals surface area contributed by atoms with Gasteiger partial charge in [0.15, 0.2) is 0 Å². The van der Waals surface area contributed by atoms with Crippen molar-refractivity contribution in [1.82, 2.24) is 14.9 Å². The molecule has 30 heavy (non-hydrogen) atoms. The fourth-order valence-corrected chi connectivity index (χ4v) is 3.87. The lowest BCUT2D eigenvalue weighted by Gasteiger charge is -2.28. The largest absolute Gasteiger partial charge is 0.338 e. The first kappa shape index (κ1) is 20.0. The summed E-state index contributed by atoms with van der Waals surface area (Å²) in [6.07, 6.45) is 6.13. The molecule has 0 unspecified atom stereocenters. The van der Waals surface area contributed by atoms with Crippen LogP contribution in [0.5, 0.6) is 0 Å². The smallest absolute Gasteiger partial charge is 0.258 e. The average molecular weight is 402 g/mol. The van der Waals surface area contributed by atoms with E-state index in [0.29, 0.717) is 37.4 Å². The number of nitrogens with zero attached hydrogens (tertiary/aromatic N) is 3. The summed E-state index contributed by atoms with van der Waals surface area (Å²) in [7, 11) is 0. The minimum atomic E-state index is -0.227. The second kappa shape index (κ2) is 9.03. The van der Waals surface area contributed by atoms with Crippen LogP contribution >= 0.6 is 0 Å². The molecule has 0 radical (unpaired) electrons. The van der Waals surface area contributed by atoms with Gasteiger partial charge in [0.1, 0.15) is 0 Å². The van der Waals surface area contributed by atoms with Crippen LogP contribution in [0.4, 0.5) is 5.95 Å². The minimum absolute atomic E-state index is 0.197. The van der Waals surface area contributed by atoms with Gasteiger partial charge in [-0.3, -0.25) is 14.9 Å². The zero-order chi connectivity index (χ0) is 20.9. The highest BCUT2D eigenvalue weighted by Crippen LogP contribution is 2.21. The van der Waals surface area contributed by atoms with Crippen LogP contribution in [0.3, 0.4) is 0 Å². The number of amides is 2. The summed E-state index contributed by atoms with van der Waals surface area (Å²) >= 11 is 0. The predicted molar refractivity (Wildman–Crippen MR) is 117 cm³/mol. The van der Waals surface area contributed by atoms with Gasteiger partial charge in [-0.15, -0.1) is 0 Å². The second-order valence-corrected chi connectivity index (χ2v) is 7.67. The van der Waals surface area contributed by atoms with Gasteiger partial charge in [0.2, 0.25) is 11.9 Å². The number of nitrogens with one attached hydrogen (secondary N) is 1. The monoisotopic (exact) mass is 402 g/mol. The predicted octanol–water partition coefficient (Wildman–Crippen LogP) is 4.35. The number of rotatable bonds is 6. The first-order chi connectivity index (χ1) is 14.7. The molecular formula is C24H26N4O2. The fraction of sp³-hybridized carbons (Fsp3) is 0.333. The Balaban J connectivity index is 1.45. The van der Waals surface area contributed by atoms with Gasteiger partial charge >= 0.3 is 0 Å². The standard InChI is InChI=1S/C24H26N4O2/c1-2-3-4-12-22(29)28-14-13-21-18(16-28)15-25-24(26-21)27-23(30)20-11-7-9-17-8-5-6-10-19(17)20/h5-11,15H,2-4,12-14,16H2,1H3,(H,25,26,27,30). The number of carbonyl (C=O) groups excluding carboxylic acids is 2. The summed E-state index contributed by atoms with van der Waals surface area (Å²) in [6.45, 7) is 3.33. The maximum atomic E-state index is 12.8. The maximum absolute atomic E-state index is 12.8. The molecule has 0 fully saturated rings. The average Bonchev–Trinajstić information content (AvgIpc) is 2.78. The van der Waals surface area contributed by atoms with Crippen molar-refractivity contribution in [2.75, 3.05) is 11.9 Å². The number of fused-ring (bicyclic) bond motifs is 2. The van der Waals surface area contributed by atoms with Crippen LogP contribution in [0, 0.1) is 0 Å². The van der Waals surface area contributed by atoms with Crippen LogP contribution in [-0.4, -0.2) is 33.2 Å². The van der Waals surface area contributed by atoms with Gasteiger partial charge < -0.3 is 4.90 Å². The van der Waals surface area contributed by atoms with Crippen molar-refractivity contribution in [3.63, 3.8) is 0 Å². The van der Waals surface area contributed by atoms with Gasteiger partial charge in [-0.2, -0.15) is 0 Å². The molecule has 2 heterocycles. The van der Waals surface area contributed by atoms with E-state index in [9.17, 15) is 9.59 Å². The van der Waals surface area contributed by atoms with Crippen molar-refractivity contribution in [3.05, 3.63) is 65.5 Å². The zero-order valence-corrected chi connectivity index (χ0v) is 17.2. The minimum Gasteiger partial charge on any atom is -0.338 e. The Morgan fingerprint density at radius 2 is 1.93 bits per heavy atom. The summed E-state index contributed by atoms with van der Waals surface area (Å²) in [5, 5.41) is 4.74. The van der Waals surface area contributed by atoms with Gasteiger partial charge in [-0.25, -0.2) is 9.97 Å². The Bertz CT molecular complexity index is 1070. The molecule has 6 nitrogen and oxygen atoms in total. The van der Waals surface area contributed by atoms with Crippen molar-refractivity contribution in [2.45, 2.75) is 45.6 Å². The third-order valence-electron chi connectivity index (χ3n) is 5.54. The van der Waals surface area contributed by atoms with Gasteiger partial charge in [-0.05, 0) is 23.3 Å². The van der Waals surface area contributed by atoms with Crippen LogP contribution in [0.2, 0.25) is 0 Å². The molecule has 1 N–H and O–H groups in total. The highest BCUT2D eigenvalue weighted by atomic mass is 16.2. The van der Waals surface area contributed by atoms with Crippen LogP contribution < -0.4 is 5.32 Å². The van der Waals surface area contributed by atoms with E-state index in [-0.39, 0.29) is 11.8 Å². The number of hydrogen-bond acceptors (Lipinski definition) is 4. The summed E-state index contributed by atoms with van der Waals surface area (Å²) in [4.78, 5) is 36.0. The number of unbranched alkanes of at least 4 members (excludes halogenated alkanes) is 2. The Morgan fingerprint density at radius 1 is 1.10 bits per heavy atom. The molecule has 3 aromatic rings. The van der Waals surface area contributed by atoms with E-state index >= 15 is 0 Å². The molecule has 0 saturated heterocycles. The Hall–Kier alpha value is -3.28. The lowest BCUT2D eigenvalue weighted by atomic mass is 10.0. The molecule has 0 aliphatic carbocycles. The molecular weight excluding hydrogens is 376 g/mol. The summed E-state index contributed by atoms with van der Waals surface area (Å²) in [6, 6.07) is 13.4. The van der Waals surface area contributed by atoms with Crippen LogP contribution in [0.25, 0.3) is 10.8 Å². The highest BCUT2D eigenvalue weighted by Gasteiger charge is 2.22. The lowest BCUT2D eigenvalue weighted by molar-refractivity contribution is -0.132. The van der Waals surface area contributed by atoms with E-state index < -0.39 is 0 Å². The van der Waals surface area contributed by atoms with Crippen molar-refractivity contribution in [1.29, 1.82) is 0 Å². The summed E-state index contributed by atoms with van der Waals surface area (Å²) in [5.74, 6) is 0.270. The normalized spacial score (nSPS) is 13.2. The molecule has 1 aliphatic rings. The molecule has 0 saturated carbocycles. The SMILES string of the molecule is CCCCCC(=O)N1CCc2nc(NC(=O)c3cccc4ccccc34)ncc2C1.